The molecule has 2 aromatic carbocycles. The minimum atomic E-state index is -0.623. The lowest BCUT2D eigenvalue weighted by atomic mass is 10.2. The minimum Gasteiger partial charge on any atom is -0.374 e. The molecule has 1 atom stereocenters. The summed E-state index contributed by atoms with van der Waals surface area (Å²) in [6, 6.07) is 15.0. The second-order valence-corrected chi connectivity index (χ2v) is 6.96. The minimum absolute atomic E-state index is 0.120. The van der Waals surface area contributed by atoms with E-state index in [9.17, 15) is 9.90 Å². The first-order valence-corrected chi connectivity index (χ1v) is 9.41. The van der Waals surface area contributed by atoms with Gasteiger partial charge in [-0.1, -0.05) is 0 Å². The fourth-order valence-corrected chi connectivity index (χ4v) is 3.42. The molecule has 0 spiro atoms. The number of hydrogen-bond acceptors (Lipinski definition) is 5. The van der Waals surface area contributed by atoms with Crippen molar-refractivity contribution < 1.29 is 9.90 Å². The van der Waals surface area contributed by atoms with Crippen LogP contribution in [0.15, 0.2) is 59.3 Å². The topological polar surface area (TPSA) is 90.0 Å². The number of hydrogen-bond donors (Lipinski definition) is 4. The third-order valence-electron chi connectivity index (χ3n) is 4.06. The largest absolute Gasteiger partial charge is 0.374 e. The van der Waals surface area contributed by atoms with Gasteiger partial charge < -0.3 is 20.7 Å². The normalized spacial score (nSPS) is 12.1. The van der Waals surface area contributed by atoms with Crippen LogP contribution >= 0.6 is 11.3 Å². The van der Waals surface area contributed by atoms with Crippen LogP contribution in [0.3, 0.4) is 0 Å². The zero-order valence-electron chi connectivity index (χ0n) is 14.6. The number of aromatic amines is 1. The van der Waals surface area contributed by atoms with Gasteiger partial charge in [-0.2, -0.15) is 11.3 Å². The molecule has 0 saturated heterocycles. The molecule has 0 aliphatic carbocycles. The quantitative estimate of drug-likeness (QED) is 0.390. The van der Waals surface area contributed by atoms with Crippen LogP contribution in [0.1, 0.15) is 17.3 Å². The predicted octanol–water partition coefficient (Wildman–Crippen LogP) is 4.29. The number of carbonyl (C=O) groups is 1. The van der Waals surface area contributed by atoms with Gasteiger partial charge in [0.25, 0.3) is 5.91 Å². The summed E-state index contributed by atoms with van der Waals surface area (Å²) in [7, 11) is 0. The van der Waals surface area contributed by atoms with Crippen molar-refractivity contribution in [1.29, 1.82) is 0 Å². The lowest BCUT2D eigenvalue weighted by molar-refractivity contribution is 0.102. The number of thiophene rings is 1. The van der Waals surface area contributed by atoms with Crippen LogP contribution < -0.4 is 10.6 Å². The Kier molecular flexibility index (Phi) is 4.62. The fourth-order valence-electron chi connectivity index (χ4n) is 2.79. The SMILES string of the molecule is C[C@@H](O)Nc1ccc2nc(-c3ccc(NC(=O)c4ccsc4)cc3)[nH]c2c1. The summed E-state index contributed by atoms with van der Waals surface area (Å²) in [5, 5.41) is 19.0. The first kappa shape index (κ1) is 17.3. The molecule has 4 rings (SSSR count). The van der Waals surface area contributed by atoms with Gasteiger partial charge in [-0.05, 0) is 60.8 Å². The van der Waals surface area contributed by atoms with E-state index in [2.05, 4.69) is 20.6 Å². The van der Waals surface area contributed by atoms with Crippen LogP contribution in [0.25, 0.3) is 22.4 Å². The summed E-state index contributed by atoms with van der Waals surface area (Å²) in [6.07, 6.45) is -0.623. The number of fused-ring (bicyclic) bond motifs is 1. The molecule has 2 aromatic heterocycles. The Hall–Kier alpha value is -3.16. The lowest BCUT2D eigenvalue weighted by Crippen LogP contribution is -2.12. The molecule has 2 heterocycles. The molecular weight excluding hydrogens is 360 g/mol. The summed E-state index contributed by atoms with van der Waals surface area (Å²) in [5.41, 5.74) is 4.85. The van der Waals surface area contributed by atoms with Crippen molar-refractivity contribution in [3.63, 3.8) is 0 Å². The van der Waals surface area contributed by atoms with Crippen molar-refractivity contribution in [2.75, 3.05) is 10.6 Å². The molecule has 7 heteroatoms. The molecule has 1 amide bonds. The van der Waals surface area contributed by atoms with Gasteiger partial charge in [0.05, 0.1) is 16.6 Å². The van der Waals surface area contributed by atoms with Gasteiger partial charge in [-0.3, -0.25) is 4.79 Å². The molecule has 136 valence electrons. The molecule has 6 nitrogen and oxygen atoms in total. The average Bonchev–Trinajstić information content (AvgIpc) is 3.31. The van der Waals surface area contributed by atoms with Crippen LogP contribution in [0, 0.1) is 0 Å². The van der Waals surface area contributed by atoms with Crippen molar-refractivity contribution in [2.45, 2.75) is 13.2 Å². The molecule has 0 saturated carbocycles. The molecule has 4 aromatic rings. The molecule has 0 aliphatic heterocycles. The summed E-state index contributed by atoms with van der Waals surface area (Å²) in [4.78, 5) is 20.0. The van der Waals surface area contributed by atoms with E-state index in [0.29, 0.717) is 5.56 Å². The Balaban J connectivity index is 1.53. The van der Waals surface area contributed by atoms with Crippen LogP contribution in [-0.4, -0.2) is 27.2 Å². The molecule has 0 aliphatic rings. The Morgan fingerprint density at radius 2 is 1.93 bits per heavy atom. The third kappa shape index (κ3) is 3.84. The molecule has 4 N–H and O–H groups in total. The molecular formula is C20H18N4O2S. The van der Waals surface area contributed by atoms with Gasteiger partial charge in [0.2, 0.25) is 0 Å². The standard InChI is InChI=1S/C20H18N4O2S/c1-12(25)21-16-6-7-17-18(10-16)24-19(23-17)13-2-4-15(5-3-13)22-20(26)14-8-9-27-11-14/h2-12,21,25H,1H3,(H,22,26)(H,23,24)/t12-/m1/s1. The molecule has 0 bridgehead atoms. The Morgan fingerprint density at radius 3 is 2.63 bits per heavy atom. The number of rotatable bonds is 5. The number of anilines is 2. The molecule has 0 unspecified atom stereocenters. The number of nitrogens with zero attached hydrogens (tertiary/aromatic N) is 1. The smallest absolute Gasteiger partial charge is 0.256 e. The number of amides is 1. The number of carbonyl (C=O) groups excluding carboxylic acids is 1. The van der Waals surface area contributed by atoms with Crippen LogP contribution in [0.4, 0.5) is 11.4 Å². The van der Waals surface area contributed by atoms with Gasteiger partial charge in [0.1, 0.15) is 12.1 Å². The van der Waals surface area contributed by atoms with Crippen molar-refractivity contribution in [2.24, 2.45) is 0 Å². The van der Waals surface area contributed by atoms with E-state index in [1.807, 2.05) is 53.2 Å². The van der Waals surface area contributed by atoms with Crippen LogP contribution in [-0.2, 0) is 0 Å². The first-order valence-electron chi connectivity index (χ1n) is 8.47. The molecule has 0 fully saturated rings. The van der Waals surface area contributed by atoms with Crippen molar-refractivity contribution in [3.05, 3.63) is 64.9 Å². The predicted molar refractivity (Wildman–Crippen MR) is 109 cm³/mol. The van der Waals surface area contributed by atoms with Gasteiger partial charge in [0, 0.05) is 22.3 Å². The highest BCUT2D eigenvalue weighted by Crippen LogP contribution is 2.24. The van der Waals surface area contributed by atoms with Crippen LogP contribution in [0.2, 0.25) is 0 Å². The zero-order chi connectivity index (χ0) is 18.8. The number of H-pyrrole nitrogens is 1. The lowest BCUT2D eigenvalue weighted by Gasteiger charge is -2.08. The Morgan fingerprint density at radius 1 is 1.15 bits per heavy atom. The van der Waals surface area contributed by atoms with Crippen molar-refractivity contribution in [1.82, 2.24) is 9.97 Å². The van der Waals surface area contributed by atoms with E-state index in [1.54, 1.807) is 13.0 Å². The summed E-state index contributed by atoms with van der Waals surface area (Å²) in [5.74, 6) is 0.626. The van der Waals surface area contributed by atoms with Crippen LogP contribution in [0.5, 0.6) is 0 Å². The fraction of sp³-hybridized carbons (Fsp3) is 0.100. The number of aromatic nitrogens is 2. The number of aliphatic hydroxyl groups excluding tert-OH is 1. The molecule has 27 heavy (non-hydrogen) atoms. The number of nitrogens with one attached hydrogen (secondary N) is 3. The van der Waals surface area contributed by atoms with E-state index in [-0.39, 0.29) is 5.91 Å². The monoisotopic (exact) mass is 378 g/mol. The maximum absolute atomic E-state index is 12.1. The zero-order valence-corrected chi connectivity index (χ0v) is 15.4. The number of benzene rings is 2. The van der Waals surface area contributed by atoms with E-state index in [4.69, 9.17) is 0 Å². The van der Waals surface area contributed by atoms with E-state index in [0.717, 1.165) is 33.8 Å². The average molecular weight is 378 g/mol. The van der Waals surface area contributed by atoms with Gasteiger partial charge in [-0.15, -0.1) is 0 Å². The third-order valence-corrected chi connectivity index (χ3v) is 4.74. The van der Waals surface area contributed by atoms with E-state index in [1.165, 1.54) is 11.3 Å². The maximum atomic E-state index is 12.1. The van der Waals surface area contributed by atoms with Crippen molar-refractivity contribution in [3.8, 4) is 11.4 Å². The number of aliphatic hydroxyl groups is 1. The summed E-state index contributed by atoms with van der Waals surface area (Å²) < 4.78 is 0. The highest BCUT2D eigenvalue weighted by Gasteiger charge is 2.09. The van der Waals surface area contributed by atoms with Crippen molar-refractivity contribution >= 4 is 39.7 Å². The molecule has 0 radical (unpaired) electrons. The number of imidazole rings is 1. The van der Waals surface area contributed by atoms with Gasteiger partial charge >= 0.3 is 0 Å². The Bertz CT molecular complexity index is 1070. The first-order chi connectivity index (χ1) is 13.1. The summed E-state index contributed by atoms with van der Waals surface area (Å²) in [6.45, 7) is 1.67. The second-order valence-electron chi connectivity index (χ2n) is 6.18. The van der Waals surface area contributed by atoms with E-state index < -0.39 is 6.23 Å². The highest BCUT2D eigenvalue weighted by atomic mass is 32.1. The van der Waals surface area contributed by atoms with Gasteiger partial charge in [0.15, 0.2) is 0 Å². The summed E-state index contributed by atoms with van der Waals surface area (Å²) >= 11 is 1.49. The second kappa shape index (κ2) is 7.22. The van der Waals surface area contributed by atoms with Gasteiger partial charge in [-0.25, -0.2) is 4.98 Å². The Labute approximate surface area is 159 Å². The highest BCUT2D eigenvalue weighted by molar-refractivity contribution is 7.08. The van der Waals surface area contributed by atoms with E-state index >= 15 is 0 Å². The maximum Gasteiger partial charge on any atom is 0.256 e.